The van der Waals surface area contributed by atoms with Crippen LogP contribution in [0.2, 0.25) is 0 Å². The molecule has 0 unspecified atom stereocenters. The third-order valence-electron chi connectivity index (χ3n) is 5.52. The molecule has 3 aromatic carbocycles. The van der Waals surface area contributed by atoms with E-state index in [0.29, 0.717) is 25.9 Å². The van der Waals surface area contributed by atoms with Gasteiger partial charge in [0.25, 0.3) is 5.91 Å². The van der Waals surface area contributed by atoms with Crippen LogP contribution in [0.25, 0.3) is 0 Å². The van der Waals surface area contributed by atoms with Gasteiger partial charge in [-0.3, -0.25) is 9.59 Å². The second-order valence-corrected chi connectivity index (χ2v) is 8.02. The van der Waals surface area contributed by atoms with Crippen molar-refractivity contribution in [1.29, 1.82) is 0 Å². The van der Waals surface area contributed by atoms with Crippen molar-refractivity contribution in [2.45, 2.75) is 32.1 Å². The number of benzene rings is 3. The minimum Gasteiger partial charge on any atom is -0.494 e. The van der Waals surface area contributed by atoms with Crippen molar-refractivity contribution < 1.29 is 24.2 Å². The SMILES string of the molecule is O=Cc1cc(C(=O)NCCc2ccc(OCCCCCc3ccccc3)cc2)ccc1C(=O)O. The first-order valence-corrected chi connectivity index (χ1v) is 11.4. The molecule has 0 spiro atoms. The number of carboxylic acids is 1. The molecule has 0 saturated carbocycles. The van der Waals surface area contributed by atoms with Crippen LogP contribution in [0.15, 0.2) is 72.8 Å². The number of unbranched alkanes of at least 4 members (excludes halogenated alkanes) is 2. The predicted molar refractivity (Wildman–Crippen MR) is 131 cm³/mol. The number of ether oxygens (including phenoxy) is 1. The zero-order valence-corrected chi connectivity index (χ0v) is 19.0. The number of amides is 1. The number of aldehydes is 1. The molecule has 3 rings (SSSR count). The molecule has 6 nitrogen and oxygen atoms in total. The Morgan fingerprint density at radius 2 is 1.59 bits per heavy atom. The number of carbonyl (C=O) groups is 3. The monoisotopic (exact) mass is 459 g/mol. The summed E-state index contributed by atoms with van der Waals surface area (Å²) in [6.07, 6.45) is 5.46. The van der Waals surface area contributed by atoms with E-state index in [2.05, 4.69) is 29.6 Å². The highest BCUT2D eigenvalue weighted by Crippen LogP contribution is 2.14. The highest BCUT2D eigenvalue weighted by atomic mass is 16.5. The van der Waals surface area contributed by atoms with Gasteiger partial charge >= 0.3 is 5.97 Å². The Labute approximate surface area is 199 Å². The first-order valence-electron chi connectivity index (χ1n) is 11.4. The first-order chi connectivity index (χ1) is 16.6. The lowest BCUT2D eigenvalue weighted by Gasteiger charge is -2.09. The molecule has 3 aromatic rings. The van der Waals surface area contributed by atoms with E-state index in [1.807, 2.05) is 30.3 Å². The van der Waals surface area contributed by atoms with E-state index in [4.69, 9.17) is 9.84 Å². The third-order valence-corrected chi connectivity index (χ3v) is 5.52. The van der Waals surface area contributed by atoms with Crippen molar-refractivity contribution in [3.8, 4) is 5.75 Å². The fraction of sp³-hybridized carbons (Fsp3) is 0.250. The Balaban J connectivity index is 1.35. The van der Waals surface area contributed by atoms with E-state index in [-0.39, 0.29) is 22.6 Å². The summed E-state index contributed by atoms with van der Waals surface area (Å²) in [6, 6.07) is 22.3. The van der Waals surface area contributed by atoms with E-state index in [0.717, 1.165) is 37.0 Å². The first kappa shape index (κ1) is 24.7. The molecule has 0 aromatic heterocycles. The number of nitrogens with one attached hydrogen (secondary N) is 1. The molecule has 1 amide bonds. The summed E-state index contributed by atoms with van der Waals surface area (Å²) in [7, 11) is 0. The van der Waals surface area contributed by atoms with Gasteiger partial charge in [0.2, 0.25) is 0 Å². The van der Waals surface area contributed by atoms with Gasteiger partial charge < -0.3 is 15.2 Å². The van der Waals surface area contributed by atoms with Gasteiger partial charge in [0.05, 0.1) is 12.2 Å². The van der Waals surface area contributed by atoms with Gasteiger partial charge in [-0.15, -0.1) is 0 Å². The summed E-state index contributed by atoms with van der Waals surface area (Å²) >= 11 is 0. The lowest BCUT2D eigenvalue weighted by Crippen LogP contribution is -2.26. The molecule has 0 heterocycles. The summed E-state index contributed by atoms with van der Waals surface area (Å²) < 4.78 is 5.82. The molecule has 0 aliphatic rings. The highest BCUT2D eigenvalue weighted by Gasteiger charge is 2.13. The zero-order chi connectivity index (χ0) is 24.2. The Hall–Kier alpha value is -3.93. The molecule has 0 bridgehead atoms. The Bertz CT molecular complexity index is 1090. The smallest absolute Gasteiger partial charge is 0.336 e. The molecule has 0 radical (unpaired) electrons. The van der Waals surface area contributed by atoms with Gasteiger partial charge in [0.1, 0.15) is 5.75 Å². The largest absolute Gasteiger partial charge is 0.494 e. The number of carbonyl (C=O) groups excluding carboxylic acids is 2. The van der Waals surface area contributed by atoms with E-state index in [1.54, 1.807) is 0 Å². The van der Waals surface area contributed by atoms with Crippen LogP contribution in [-0.4, -0.2) is 36.4 Å². The molecule has 176 valence electrons. The molecule has 0 aliphatic heterocycles. The van der Waals surface area contributed by atoms with Crippen molar-refractivity contribution in [3.05, 3.63) is 101 Å². The lowest BCUT2D eigenvalue weighted by atomic mass is 10.0. The molecule has 6 heteroatoms. The number of aromatic carboxylic acids is 1. The molecule has 34 heavy (non-hydrogen) atoms. The summed E-state index contributed by atoms with van der Waals surface area (Å²) in [5.41, 5.74) is 2.54. The molecule has 0 saturated heterocycles. The van der Waals surface area contributed by atoms with Crippen molar-refractivity contribution in [2.24, 2.45) is 0 Å². The lowest BCUT2D eigenvalue weighted by molar-refractivity contribution is 0.0693. The van der Waals surface area contributed by atoms with Crippen molar-refractivity contribution in [3.63, 3.8) is 0 Å². The number of hydrogen-bond acceptors (Lipinski definition) is 4. The fourth-order valence-electron chi connectivity index (χ4n) is 3.61. The van der Waals surface area contributed by atoms with Crippen molar-refractivity contribution in [2.75, 3.05) is 13.2 Å². The number of hydrogen-bond donors (Lipinski definition) is 2. The van der Waals surface area contributed by atoms with Gasteiger partial charge in [0, 0.05) is 17.7 Å². The predicted octanol–water partition coefficient (Wildman–Crippen LogP) is 4.96. The average Bonchev–Trinajstić information content (AvgIpc) is 2.87. The topological polar surface area (TPSA) is 92.7 Å². The van der Waals surface area contributed by atoms with Crippen LogP contribution in [-0.2, 0) is 12.8 Å². The summed E-state index contributed by atoms with van der Waals surface area (Å²) in [5.74, 6) is -0.729. The van der Waals surface area contributed by atoms with Crippen LogP contribution in [0.1, 0.15) is 61.5 Å². The summed E-state index contributed by atoms with van der Waals surface area (Å²) in [4.78, 5) is 34.5. The van der Waals surface area contributed by atoms with Crippen molar-refractivity contribution >= 4 is 18.2 Å². The fourth-order valence-corrected chi connectivity index (χ4v) is 3.61. The Kier molecular flexibility index (Phi) is 9.40. The molecule has 0 aliphatic carbocycles. The van der Waals surface area contributed by atoms with Crippen LogP contribution in [0.3, 0.4) is 0 Å². The number of rotatable bonds is 13. The van der Waals surface area contributed by atoms with Crippen LogP contribution in [0.4, 0.5) is 0 Å². The number of aryl methyl sites for hydroxylation is 1. The standard InChI is InChI=1S/C28H29NO5/c30-20-24-19-23(12-15-26(24)28(32)33)27(31)29-17-16-22-10-13-25(14-11-22)34-18-6-2-5-9-21-7-3-1-4-8-21/h1,3-4,7-8,10-15,19-20H,2,5-6,9,16-18H2,(H,29,31)(H,32,33). The summed E-state index contributed by atoms with van der Waals surface area (Å²) in [5, 5.41) is 11.9. The maximum atomic E-state index is 12.3. The van der Waals surface area contributed by atoms with Gasteiger partial charge in [-0.05, 0) is 73.6 Å². The van der Waals surface area contributed by atoms with E-state index in [1.165, 1.54) is 23.8 Å². The Morgan fingerprint density at radius 3 is 2.29 bits per heavy atom. The van der Waals surface area contributed by atoms with Crippen LogP contribution in [0, 0.1) is 0 Å². The quantitative estimate of drug-likeness (QED) is 0.278. The van der Waals surface area contributed by atoms with Gasteiger partial charge in [-0.2, -0.15) is 0 Å². The average molecular weight is 460 g/mol. The van der Waals surface area contributed by atoms with E-state index < -0.39 is 5.97 Å². The number of carboxylic acid groups (broad SMARTS) is 1. The molecular weight excluding hydrogens is 430 g/mol. The second-order valence-electron chi connectivity index (χ2n) is 8.02. The summed E-state index contributed by atoms with van der Waals surface area (Å²) in [6.45, 7) is 1.10. The molecule has 0 atom stereocenters. The maximum Gasteiger partial charge on any atom is 0.336 e. The Morgan fingerprint density at radius 1 is 0.853 bits per heavy atom. The van der Waals surface area contributed by atoms with Crippen LogP contribution in [0.5, 0.6) is 5.75 Å². The molecular formula is C28H29NO5. The molecule has 2 N–H and O–H groups in total. The second kappa shape index (κ2) is 12.9. The minimum atomic E-state index is -1.20. The van der Waals surface area contributed by atoms with Gasteiger partial charge in [-0.1, -0.05) is 42.5 Å². The van der Waals surface area contributed by atoms with Crippen LogP contribution >= 0.6 is 0 Å². The van der Waals surface area contributed by atoms with Crippen LogP contribution < -0.4 is 10.1 Å². The zero-order valence-electron chi connectivity index (χ0n) is 19.0. The maximum absolute atomic E-state index is 12.3. The minimum absolute atomic E-state index is 0.0214. The van der Waals surface area contributed by atoms with Gasteiger partial charge in [-0.25, -0.2) is 4.79 Å². The van der Waals surface area contributed by atoms with Gasteiger partial charge in [0.15, 0.2) is 6.29 Å². The van der Waals surface area contributed by atoms with E-state index in [9.17, 15) is 14.4 Å². The van der Waals surface area contributed by atoms with E-state index >= 15 is 0 Å². The molecule has 0 fully saturated rings. The van der Waals surface area contributed by atoms with Crippen molar-refractivity contribution in [1.82, 2.24) is 5.32 Å². The normalized spacial score (nSPS) is 10.5. The highest BCUT2D eigenvalue weighted by molar-refractivity contribution is 6.01. The third kappa shape index (κ3) is 7.59.